The molecule has 1 aromatic carbocycles. The summed E-state index contributed by atoms with van der Waals surface area (Å²) in [5.41, 5.74) is 7.13. The van der Waals surface area contributed by atoms with Crippen LogP contribution in [0.15, 0.2) is 29.3 Å². The van der Waals surface area contributed by atoms with E-state index in [1.54, 1.807) is 28.7 Å². The van der Waals surface area contributed by atoms with Crippen LogP contribution in [0.5, 0.6) is 0 Å². The van der Waals surface area contributed by atoms with E-state index in [0.717, 1.165) is 25.2 Å². The summed E-state index contributed by atoms with van der Waals surface area (Å²) in [5, 5.41) is 0.660. The Hall–Kier alpha value is -1.57. The van der Waals surface area contributed by atoms with Gasteiger partial charge in [0.1, 0.15) is 4.90 Å². The molecule has 2 heterocycles. The van der Waals surface area contributed by atoms with E-state index in [0.29, 0.717) is 29.1 Å². The van der Waals surface area contributed by atoms with Gasteiger partial charge in [-0.3, -0.25) is 0 Å². The largest absolute Gasteiger partial charge is 0.399 e. The summed E-state index contributed by atoms with van der Waals surface area (Å²) in [6.07, 6.45) is 1.56. The van der Waals surface area contributed by atoms with Crippen molar-refractivity contribution in [2.24, 2.45) is 0 Å². The number of aromatic nitrogens is 1. The van der Waals surface area contributed by atoms with Crippen molar-refractivity contribution in [3.63, 3.8) is 0 Å². The van der Waals surface area contributed by atoms with Gasteiger partial charge in [0, 0.05) is 49.0 Å². The molecule has 1 aromatic heterocycles. The zero-order valence-corrected chi connectivity index (χ0v) is 12.9. The molecule has 0 bridgehead atoms. The Bertz CT molecular complexity index is 745. The third-order valence-electron chi connectivity index (χ3n) is 4.06. The summed E-state index contributed by atoms with van der Waals surface area (Å²) in [7, 11) is -3.47. The van der Waals surface area contributed by atoms with Crippen LogP contribution in [0.4, 0.5) is 5.69 Å². The molecule has 0 unspecified atom stereocenters. The molecular weight excluding hydrogens is 288 g/mol. The molecule has 0 spiro atoms. The van der Waals surface area contributed by atoms with Crippen molar-refractivity contribution in [3.05, 3.63) is 24.4 Å². The Labute approximate surface area is 124 Å². The van der Waals surface area contributed by atoms with Crippen LogP contribution in [-0.2, 0) is 10.0 Å². The van der Waals surface area contributed by atoms with Crippen molar-refractivity contribution in [1.29, 1.82) is 0 Å². The van der Waals surface area contributed by atoms with E-state index in [9.17, 15) is 8.42 Å². The highest BCUT2D eigenvalue weighted by atomic mass is 32.2. The van der Waals surface area contributed by atoms with Gasteiger partial charge in [0.25, 0.3) is 0 Å². The molecule has 0 aliphatic carbocycles. The number of fused-ring (bicyclic) bond motifs is 1. The predicted octanol–water partition coefficient (Wildman–Crippen LogP) is 1.08. The first kappa shape index (κ1) is 14.4. The molecule has 114 valence electrons. The number of rotatable bonds is 3. The van der Waals surface area contributed by atoms with E-state index < -0.39 is 10.0 Å². The average molecular weight is 308 g/mol. The van der Waals surface area contributed by atoms with Gasteiger partial charge in [0.15, 0.2) is 0 Å². The van der Waals surface area contributed by atoms with Crippen molar-refractivity contribution >= 4 is 26.6 Å². The van der Waals surface area contributed by atoms with E-state index >= 15 is 0 Å². The molecular formula is C14H20N4O2S. The molecule has 6 nitrogen and oxygen atoms in total. The number of benzene rings is 1. The van der Waals surface area contributed by atoms with Crippen molar-refractivity contribution in [2.75, 3.05) is 38.5 Å². The number of hydrogen-bond donors (Lipinski definition) is 2. The van der Waals surface area contributed by atoms with Gasteiger partial charge in [-0.2, -0.15) is 4.31 Å². The molecule has 21 heavy (non-hydrogen) atoms. The first-order valence-corrected chi connectivity index (χ1v) is 8.55. The lowest BCUT2D eigenvalue weighted by Gasteiger charge is -2.33. The average Bonchev–Trinajstić information content (AvgIpc) is 2.91. The summed E-state index contributed by atoms with van der Waals surface area (Å²) in [6.45, 7) is 5.67. The summed E-state index contributed by atoms with van der Waals surface area (Å²) >= 11 is 0. The number of H-pyrrole nitrogens is 1. The molecule has 2 aromatic rings. The van der Waals surface area contributed by atoms with Crippen molar-refractivity contribution < 1.29 is 8.42 Å². The van der Waals surface area contributed by atoms with Gasteiger partial charge in [0.2, 0.25) is 10.0 Å². The van der Waals surface area contributed by atoms with E-state index in [-0.39, 0.29) is 0 Å². The first-order chi connectivity index (χ1) is 10.0. The normalized spacial score (nSPS) is 18.3. The summed E-state index contributed by atoms with van der Waals surface area (Å²) in [5.74, 6) is 0. The predicted molar refractivity (Wildman–Crippen MR) is 83.6 cm³/mol. The molecule has 1 fully saturated rings. The van der Waals surface area contributed by atoms with Crippen LogP contribution in [0.25, 0.3) is 10.9 Å². The van der Waals surface area contributed by atoms with E-state index in [1.165, 1.54) is 0 Å². The third kappa shape index (κ3) is 2.52. The minimum atomic E-state index is -3.47. The van der Waals surface area contributed by atoms with Gasteiger partial charge in [0.05, 0.1) is 0 Å². The fraction of sp³-hybridized carbons (Fsp3) is 0.429. The lowest BCUT2D eigenvalue weighted by molar-refractivity contribution is 0.196. The fourth-order valence-electron chi connectivity index (χ4n) is 2.75. The monoisotopic (exact) mass is 308 g/mol. The van der Waals surface area contributed by atoms with E-state index in [2.05, 4.69) is 16.8 Å². The minimum absolute atomic E-state index is 0.315. The van der Waals surface area contributed by atoms with Crippen LogP contribution < -0.4 is 5.73 Å². The summed E-state index contributed by atoms with van der Waals surface area (Å²) < 4.78 is 27.2. The SMILES string of the molecule is CCN1CCN(S(=O)(=O)c2c[nH]c3ccc(N)cc23)CC1. The topological polar surface area (TPSA) is 82.4 Å². The number of hydrogen-bond acceptors (Lipinski definition) is 4. The standard InChI is InChI=1S/C14H20N4O2S/c1-2-17-5-7-18(8-6-17)21(19,20)14-10-16-13-4-3-11(15)9-12(13)14/h3-4,9-10,16H,2,5-8,15H2,1H3. The number of nitrogens with zero attached hydrogens (tertiary/aromatic N) is 2. The van der Waals surface area contributed by atoms with Crippen LogP contribution in [-0.4, -0.2) is 55.3 Å². The summed E-state index contributed by atoms with van der Waals surface area (Å²) in [6, 6.07) is 5.27. The van der Waals surface area contributed by atoms with Gasteiger partial charge >= 0.3 is 0 Å². The molecule has 1 aliphatic rings. The molecule has 7 heteroatoms. The number of anilines is 1. The van der Waals surface area contributed by atoms with Gasteiger partial charge in [-0.05, 0) is 24.7 Å². The summed E-state index contributed by atoms with van der Waals surface area (Å²) in [4.78, 5) is 5.57. The van der Waals surface area contributed by atoms with E-state index in [1.807, 2.05) is 0 Å². The van der Waals surface area contributed by atoms with Crippen LogP contribution in [0.3, 0.4) is 0 Å². The number of nitrogens with one attached hydrogen (secondary N) is 1. The molecule has 0 amide bonds. The van der Waals surface area contributed by atoms with Crippen LogP contribution in [0, 0.1) is 0 Å². The zero-order valence-electron chi connectivity index (χ0n) is 12.0. The number of piperazine rings is 1. The third-order valence-corrected chi connectivity index (χ3v) is 6.00. The van der Waals surface area contributed by atoms with E-state index in [4.69, 9.17) is 5.73 Å². The number of sulfonamides is 1. The zero-order chi connectivity index (χ0) is 15.0. The van der Waals surface area contributed by atoms with Crippen LogP contribution in [0.1, 0.15) is 6.92 Å². The molecule has 1 aliphatic heterocycles. The van der Waals surface area contributed by atoms with Crippen molar-refractivity contribution in [2.45, 2.75) is 11.8 Å². The number of likely N-dealkylation sites (N-methyl/N-ethyl adjacent to an activating group) is 1. The Morgan fingerprint density at radius 2 is 1.95 bits per heavy atom. The number of nitrogen functional groups attached to an aromatic ring is 1. The fourth-order valence-corrected chi connectivity index (χ4v) is 4.33. The highest BCUT2D eigenvalue weighted by Gasteiger charge is 2.30. The van der Waals surface area contributed by atoms with Crippen LogP contribution >= 0.6 is 0 Å². The quantitative estimate of drug-likeness (QED) is 0.831. The maximum atomic E-state index is 12.8. The highest BCUT2D eigenvalue weighted by molar-refractivity contribution is 7.89. The molecule has 3 N–H and O–H groups in total. The molecule has 0 radical (unpaired) electrons. The maximum absolute atomic E-state index is 12.8. The lowest BCUT2D eigenvalue weighted by atomic mass is 10.2. The number of nitrogens with two attached hydrogens (primary N) is 1. The highest BCUT2D eigenvalue weighted by Crippen LogP contribution is 2.27. The first-order valence-electron chi connectivity index (χ1n) is 7.11. The Balaban J connectivity index is 1.95. The van der Waals surface area contributed by atoms with Gasteiger partial charge in [-0.15, -0.1) is 0 Å². The second kappa shape index (κ2) is 5.32. The van der Waals surface area contributed by atoms with Crippen LogP contribution in [0.2, 0.25) is 0 Å². The maximum Gasteiger partial charge on any atom is 0.245 e. The Kier molecular flexibility index (Phi) is 3.64. The second-order valence-corrected chi connectivity index (χ2v) is 7.20. The smallest absolute Gasteiger partial charge is 0.245 e. The molecule has 3 rings (SSSR count). The molecule has 0 atom stereocenters. The molecule has 1 saturated heterocycles. The van der Waals surface area contributed by atoms with Crippen molar-refractivity contribution in [3.8, 4) is 0 Å². The van der Waals surface area contributed by atoms with Gasteiger partial charge in [-0.25, -0.2) is 8.42 Å². The van der Waals surface area contributed by atoms with Gasteiger partial charge < -0.3 is 15.6 Å². The molecule has 0 saturated carbocycles. The van der Waals surface area contributed by atoms with Gasteiger partial charge in [-0.1, -0.05) is 6.92 Å². The Morgan fingerprint density at radius 1 is 1.24 bits per heavy atom. The number of aromatic amines is 1. The second-order valence-electron chi connectivity index (χ2n) is 5.30. The minimum Gasteiger partial charge on any atom is -0.399 e. The lowest BCUT2D eigenvalue weighted by Crippen LogP contribution is -2.48. The van der Waals surface area contributed by atoms with Crippen molar-refractivity contribution in [1.82, 2.24) is 14.2 Å². The Morgan fingerprint density at radius 3 is 2.62 bits per heavy atom.